The highest BCUT2D eigenvalue weighted by atomic mass is 16.5. The SMILES string of the molecule is C=CCCCCCCCCCCOC(=O)CC[C@H](N)C(=O)OCCCCCCCCCCC=C. The molecule has 1 atom stereocenters. The molecule has 0 aromatic heterocycles. The predicted molar refractivity (Wildman–Crippen MR) is 143 cm³/mol. The highest BCUT2D eigenvalue weighted by Gasteiger charge is 2.17. The molecule has 2 N–H and O–H groups in total. The molecule has 0 spiro atoms. The maximum atomic E-state index is 12.0. The molecule has 0 saturated heterocycles. The van der Waals surface area contributed by atoms with Gasteiger partial charge in [0.1, 0.15) is 6.04 Å². The average Bonchev–Trinajstić information content (AvgIpc) is 2.84. The van der Waals surface area contributed by atoms with Gasteiger partial charge in [-0.15, -0.1) is 13.2 Å². The molecule has 0 saturated carbocycles. The number of rotatable bonds is 26. The lowest BCUT2D eigenvalue weighted by Gasteiger charge is -2.11. The van der Waals surface area contributed by atoms with Gasteiger partial charge in [-0.25, -0.2) is 0 Å². The quantitative estimate of drug-likeness (QED) is 0.0786. The van der Waals surface area contributed by atoms with Crippen LogP contribution in [0.15, 0.2) is 25.3 Å². The molecule has 34 heavy (non-hydrogen) atoms. The van der Waals surface area contributed by atoms with Crippen LogP contribution < -0.4 is 5.73 Å². The van der Waals surface area contributed by atoms with Gasteiger partial charge in [-0.3, -0.25) is 9.59 Å². The number of nitrogens with two attached hydrogens (primary N) is 1. The van der Waals surface area contributed by atoms with Crippen molar-refractivity contribution in [1.29, 1.82) is 0 Å². The van der Waals surface area contributed by atoms with E-state index in [2.05, 4.69) is 13.2 Å². The fraction of sp³-hybridized carbons (Fsp3) is 0.793. The van der Waals surface area contributed by atoms with Gasteiger partial charge in [0.2, 0.25) is 0 Å². The van der Waals surface area contributed by atoms with E-state index in [1.54, 1.807) is 0 Å². The van der Waals surface area contributed by atoms with E-state index in [0.717, 1.165) is 38.5 Å². The average molecular weight is 480 g/mol. The summed E-state index contributed by atoms with van der Waals surface area (Å²) in [6, 6.07) is -0.755. The summed E-state index contributed by atoms with van der Waals surface area (Å²) < 4.78 is 10.5. The van der Waals surface area contributed by atoms with Gasteiger partial charge in [-0.05, 0) is 44.9 Å². The van der Waals surface area contributed by atoms with Crippen molar-refractivity contribution in [3.05, 3.63) is 25.3 Å². The van der Waals surface area contributed by atoms with Crippen molar-refractivity contribution in [2.24, 2.45) is 5.73 Å². The van der Waals surface area contributed by atoms with E-state index in [4.69, 9.17) is 15.2 Å². The standard InChI is InChI=1S/C29H53NO4/c1-3-5-7-9-11-13-15-17-19-21-25-33-28(31)24-23-27(30)29(32)34-26-22-20-18-16-14-12-10-8-6-4-2/h3-4,27H,1-2,5-26,30H2/t27-/m0/s1. The van der Waals surface area contributed by atoms with Crippen LogP contribution in [-0.2, 0) is 19.1 Å². The number of unbranched alkanes of at least 4 members (excludes halogenated alkanes) is 16. The summed E-state index contributed by atoms with van der Waals surface area (Å²) in [5.74, 6) is -0.700. The second kappa shape index (κ2) is 26.0. The molecule has 0 unspecified atom stereocenters. The van der Waals surface area contributed by atoms with Crippen LogP contribution in [0, 0.1) is 0 Å². The van der Waals surface area contributed by atoms with Crippen molar-refractivity contribution in [1.82, 2.24) is 0 Å². The third-order valence-electron chi connectivity index (χ3n) is 6.07. The number of hydrogen-bond acceptors (Lipinski definition) is 5. The monoisotopic (exact) mass is 479 g/mol. The van der Waals surface area contributed by atoms with E-state index in [0.29, 0.717) is 13.2 Å². The third-order valence-corrected chi connectivity index (χ3v) is 6.07. The van der Waals surface area contributed by atoms with Gasteiger partial charge in [0, 0.05) is 6.42 Å². The fourth-order valence-corrected chi connectivity index (χ4v) is 3.83. The largest absolute Gasteiger partial charge is 0.466 e. The summed E-state index contributed by atoms with van der Waals surface area (Å²) in [6.45, 7) is 8.34. The van der Waals surface area contributed by atoms with Gasteiger partial charge in [0.05, 0.1) is 13.2 Å². The van der Waals surface area contributed by atoms with E-state index in [1.807, 2.05) is 12.2 Å². The van der Waals surface area contributed by atoms with Crippen LogP contribution in [0.5, 0.6) is 0 Å². The van der Waals surface area contributed by atoms with Crippen LogP contribution >= 0.6 is 0 Å². The lowest BCUT2D eigenvalue weighted by Crippen LogP contribution is -2.33. The molecule has 0 aromatic rings. The number of carbonyl (C=O) groups excluding carboxylic acids is 2. The lowest BCUT2D eigenvalue weighted by molar-refractivity contribution is -0.146. The Labute approximate surface area is 209 Å². The Morgan fingerprint density at radius 1 is 0.618 bits per heavy atom. The highest BCUT2D eigenvalue weighted by molar-refractivity contribution is 5.77. The first-order chi connectivity index (χ1) is 16.6. The molecule has 0 aromatic carbocycles. The first kappa shape index (κ1) is 32.4. The van der Waals surface area contributed by atoms with Crippen molar-refractivity contribution in [2.45, 2.75) is 134 Å². The molecule has 0 fully saturated rings. The zero-order chi connectivity index (χ0) is 25.1. The number of carbonyl (C=O) groups is 2. The second-order valence-electron chi connectivity index (χ2n) is 9.34. The van der Waals surface area contributed by atoms with Crippen molar-refractivity contribution < 1.29 is 19.1 Å². The van der Waals surface area contributed by atoms with Gasteiger partial charge in [0.25, 0.3) is 0 Å². The number of allylic oxidation sites excluding steroid dienone is 2. The molecule has 198 valence electrons. The minimum atomic E-state index is -0.755. The first-order valence-electron chi connectivity index (χ1n) is 13.9. The summed E-state index contributed by atoms with van der Waals surface area (Å²) in [5, 5.41) is 0. The topological polar surface area (TPSA) is 78.6 Å². The van der Waals surface area contributed by atoms with Gasteiger partial charge in [-0.1, -0.05) is 89.2 Å². The molecule has 0 aliphatic carbocycles. The Morgan fingerprint density at radius 3 is 1.44 bits per heavy atom. The van der Waals surface area contributed by atoms with Crippen molar-refractivity contribution >= 4 is 11.9 Å². The molecule has 0 aliphatic heterocycles. The summed E-state index contributed by atoms with van der Waals surface area (Å²) in [6.07, 6.45) is 25.6. The fourth-order valence-electron chi connectivity index (χ4n) is 3.83. The van der Waals surface area contributed by atoms with Gasteiger partial charge in [0.15, 0.2) is 0 Å². The van der Waals surface area contributed by atoms with Crippen LogP contribution in [0.2, 0.25) is 0 Å². The van der Waals surface area contributed by atoms with E-state index < -0.39 is 12.0 Å². The Bertz CT molecular complexity index is 506. The maximum absolute atomic E-state index is 12.0. The van der Waals surface area contributed by atoms with Gasteiger partial charge in [-0.2, -0.15) is 0 Å². The molecule has 0 radical (unpaired) electrons. The van der Waals surface area contributed by atoms with Crippen LogP contribution in [0.3, 0.4) is 0 Å². The van der Waals surface area contributed by atoms with E-state index in [-0.39, 0.29) is 18.8 Å². The zero-order valence-electron chi connectivity index (χ0n) is 21.9. The number of hydrogen-bond donors (Lipinski definition) is 1. The Kier molecular flexibility index (Phi) is 24.8. The van der Waals surface area contributed by atoms with Crippen LogP contribution in [0.25, 0.3) is 0 Å². The first-order valence-corrected chi connectivity index (χ1v) is 13.9. The lowest BCUT2D eigenvalue weighted by atomic mass is 10.1. The minimum Gasteiger partial charge on any atom is -0.466 e. The molecule has 5 nitrogen and oxygen atoms in total. The molecule has 5 heteroatoms. The Morgan fingerprint density at radius 2 is 1.00 bits per heavy atom. The van der Waals surface area contributed by atoms with Gasteiger partial charge >= 0.3 is 11.9 Å². The highest BCUT2D eigenvalue weighted by Crippen LogP contribution is 2.11. The smallest absolute Gasteiger partial charge is 0.322 e. The summed E-state index contributed by atoms with van der Waals surface area (Å²) in [7, 11) is 0. The molecule has 0 amide bonds. The molecule has 0 bridgehead atoms. The maximum Gasteiger partial charge on any atom is 0.322 e. The zero-order valence-corrected chi connectivity index (χ0v) is 21.9. The van der Waals surface area contributed by atoms with Crippen LogP contribution in [0.1, 0.15) is 128 Å². The Hall–Kier alpha value is -1.62. The normalized spacial score (nSPS) is 11.7. The molecule has 0 rings (SSSR count). The molecule has 0 aliphatic rings. The molecule has 0 heterocycles. The minimum absolute atomic E-state index is 0.160. The van der Waals surface area contributed by atoms with Crippen LogP contribution in [-0.4, -0.2) is 31.2 Å². The molecular formula is C29H53NO4. The van der Waals surface area contributed by atoms with Crippen molar-refractivity contribution in [2.75, 3.05) is 13.2 Å². The molecular weight excluding hydrogens is 426 g/mol. The van der Waals surface area contributed by atoms with Crippen molar-refractivity contribution in [3.63, 3.8) is 0 Å². The third kappa shape index (κ3) is 23.5. The van der Waals surface area contributed by atoms with E-state index in [1.165, 1.54) is 77.0 Å². The summed E-state index contributed by atoms with van der Waals surface area (Å²) in [4.78, 5) is 23.8. The predicted octanol–water partition coefficient (Wildman–Crippen LogP) is 7.57. The van der Waals surface area contributed by atoms with Crippen LogP contribution in [0.4, 0.5) is 0 Å². The second-order valence-corrected chi connectivity index (χ2v) is 9.34. The van der Waals surface area contributed by atoms with Gasteiger partial charge < -0.3 is 15.2 Å². The summed E-state index contributed by atoms with van der Waals surface area (Å²) in [5.41, 5.74) is 5.86. The van der Waals surface area contributed by atoms with E-state index >= 15 is 0 Å². The summed E-state index contributed by atoms with van der Waals surface area (Å²) >= 11 is 0. The van der Waals surface area contributed by atoms with Crippen molar-refractivity contribution in [3.8, 4) is 0 Å². The number of ether oxygens (including phenoxy) is 2. The number of esters is 2. The Balaban J connectivity index is 3.46. The van der Waals surface area contributed by atoms with E-state index in [9.17, 15) is 9.59 Å².